The SMILES string of the molecule is CC[C@H](C)NC(=O)c1ccccc1NC(=O)CCc1ccc(OC)c(OC)c1. The van der Waals surface area contributed by atoms with E-state index in [4.69, 9.17) is 9.47 Å². The number of methoxy groups -OCH3 is 2. The van der Waals surface area contributed by atoms with Gasteiger partial charge in [0, 0.05) is 12.5 Å². The van der Waals surface area contributed by atoms with Crippen LogP contribution in [0.15, 0.2) is 42.5 Å². The minimum Gasteiger partial charge on any atom is -0.493 e. The Morgan fingerprint density at radius 1 is 1.04 bits per heavy atom. The maximum absolute atomic E-state index is 12.4. The molecule has 0 aliphatic carbocycles. The third-order valence-electron chi connectivity index (χ3n) is 4.52. The van der Waals surface area contributed by atoms with E-state index in [1.54, 1.807) is 38.5 Å². The van der Waals surface area contributed by atoms with Gasteiger partial charge in [0.25, 0.3) is 5.91 Å². The molecule has 0 saturated heterocycles. The summed E-state index contributed by atoms with van der Waals surface area (Å²) in [7, 11) is 3.16. The Morgan fingerprint density at radius 2 is 1.75 bits per heavy atom. The number of nitrogens with one attached hydrogen (secondary N) is 2. The smallest absolute Gasteiger partial charge is 0.253 e. The van der Waals surface area contributed by atoms with Gasteiger partial charge in [0.05, 0.1) is 25.5 Å². The number of anilines is 1. The average Bonchev–Trinajstić information content (AvgIpc) is 2.72. The summed E-state index contributed by atoms with van der Waals surface area (Å²) in [5.74, 6) is 0.938. The first kappa shape index (κ1) is 21.3. The first-order valence-corrected chi connectivity index (χ1v) is 9.39. The number of aryl methyl sites for hydroxylation is 1. The quantitative estimate of drug-likeness (QED) is 0.689. The lowest BCUT2D eigenvalue weighted by Crippen LogP contribution is -2.32. The van der Waals surface area contributed by atoms with Gasteiger partial charge in [-0.2, -0.15) is 0 Å². The van der Waals surface area contributed by atoms with E-state index >= 15 is 0 Å². The number of para-hydroxylation sites is 1. The largest absolute Gasteiger partial charge is 0.493 e. The Kier molecular flexibility index (Phi) is 7.87. The van der Waals surface area contributed by atoms with Crippen molar-refractivity contribution in [1.82, 2.24) is 5.32 Å². The summed E-state index contributed by atoms with van der Waals surface area (Å²) in [6, 6.07) is 12.7. The van der Waals surface area contributed by atoms with Gasteiger partial charge in [-0.05, 0) is 49.6 Å². The molecule has 0 aliphatic heterocycles. The van der Waals surface area contributed by atoms with Crippen LogP contribution in [-0.4, -0.2) is 32.1 Å². The van der Waals surface area contributed by atoms with Crippen molar-refractivity contribution in [2.45, 2.75) is 39.2 Å². The molecule has 150 valence electrons. The second-order valence-electron chi connectivity index (χ2n) is 6.57. The van der Waals surface area contributed by atoms with Crippen LogP contribution in [0, 0.1) is 0 Å². The van der Waals surface area contributed by atoms with E-state index in [0.29, 0.717) is 29.2 Å². The topological polar surface area (TPSA) is 76.7 Å². The van der Waals surface area contributed by atoms with Gasteiger partial charge in [0.2, 0.25) is 5.91 Å². The molecule has 0 unspecified atom stereocenters. The van der Waals surface area contributed by atoms with E-state index in [2.05, 4.69) is 10.6 Å². The van der Waals surface area contributed by atoms with E-state index < -0.39 is 0 Å². The molecule has 0 fully saturated rings. The number of ether oxygens (including phenoxy) is 2. The summed E-state index contributed by atoms with van der Waals surface area (Å²) < 4.78 is 10.5. The van der Waals surface area contributed by atoms with E-state index in [-0.39, 0.29) is 24.3 Å². The molecule has 0 aliphatic rings. The molecular weight excluding hydrogens is 356 g/mol. The molecule has 6 nitrogen and oxygen atoms in total. The molecule has 0 spiro atoms. The monoisotopic (exact) mass is 384 g/mol. The highest BCUT2D eigenvalue weighted by Gasteiger charge is 2.15. The number of amides is 2. The number of carbonyl (C=O) groups is 2. The Bertz CT molecular complexity index is 820. The molecule has 0 aromatic heterocycles. The Balaban J connectivity index is 2.01. The first-order valence-electron chi connectivity index (χ1n) is 9.39. The van der Waals surface area contributed by atoms with E-state index in [9.17, 15) is 9.59 Å². The van der Waals surface area contributed by atoms with Crippen molar-refractivity contribution in [3.63, 3.8) is 0 Å². The second-order valence-corrected chi connectivity index (χ2v) is 6.57. The fraction of sp³-hybridized carbons (Fsp3) is 0.364. The van der Waals surface area contributed by atoms with Crippen LogP contribution in [0.2, 0.25) is 0 Å². The number of benzene rings is 2. The van der Waals surface area contributed by atoms with Crippen LogP contribution in [0.4, 0.5) is 5.69 Å². The van der Waals surface area contributed by atoms with Gasteiger partial charge in [-0.3, -0.25) is 9.59 Å². The third kappa shape index (κ3) is 5.74. The summed E-state index contributed by atoms with van der Waals surface area (Å²) in [4.78, 5) is 24.9. The Labute approximate surface area is 166 Å². The van der Waals surface area contributed by atoms with Gasteiger partial charge in [0.1, 0.15) is 0 Å². The van der Waals surface area contributed by atoms with Crippen LogP contribution in [0.5, 0.6) is 11.5 Å². The van der Waals surface area contributed by atoms with Crippen LogP contribution in [0.1, 0.15) is 42.6 Å². The van der Waals surface area contributed by atoms with Crippen LogP contribution >= 0.6 is 0 Å². The van der Waals surface area contributed by atoms with Gasteiger partial charge in [0.15, 0.2) is 11.5 Å². The predicted molar refractivity (Wildman–Crippen MR) is 110 cm³/mol. The molecule has 2 amide bonds. The van der Waals surface area contributed by atoms with Gasteiger partial charge in [-0.1, -0.05) is 25.1 Å². The molecule has 1 atom stereocenters. The second kappa shape index (κ2) is 10.3. The van der Waals surface area contributed by atoms with Crippen molar-refractivity contribution in [3.05, 3.63) is 53.6 Å². The zero-order chi connectivity index (χ0) is 20.5. The van der Waals surface area contributed by atoms with Crippen molar-refractivity contribution >= 4 is 17.5 Å². The van der Waals surface area contributed by atoms with Gasteiger partial charge >= 0.3 is 0 Å². The minimum absolute atomic E-state index is 0.0707. The van der Waals surface area contributed by atoms with Crippen molar-refractivity contribution in [2.75, 3.05) is 19.5 Å². The highest BCUT2D eigenvalue weighted by molar-refractivity contribution is 6.03. The fourth-order valence-corrected chi connectivity index (χ4v) is 2.70. The molecule has 6 heteroatoms. The highest BCUT2D eigenvalue weighted by atomic mass is 16.5. The summed E-state index contributed by atoms with van der Waals surface area (Å²) in [5.41, 5.74) is 1.94. The summed E-state index contributed by atoms with van der Waals surface area (Å²) in [6.45, 7) is 3.95. The number of rotatable bonds is 9. The standard InChI is InChI=1S/C22H28N2O4/c1-5-15(2)23-22(26)17-8-6-7-9-18(17)24-21(25)13-11-16-10-12-19(27-3)20(14-16)28-4/h6-10,12,14-15H,5,11,13H2,1-4H3,(H,23,26)(H,24,25)/t15-/m0/s1. The molecule has 0 bridgehead atoms. The molecule has 2 aromatic carbocycles. The van der Waals surface area contributed by atoms with Crippen molar-refractivity contribution in [3.8, 4) is 11.5 Å². The zero-order valence-electron chi connectivity index (χ0n) is 16.9. The third-order valence-corrected chi connectivity index (χ3v) is 4.52. The number of hydrogen-bond donors (Lipinski definition) is 2. The molecule has 28 heavy (non-hydrogen) atoms. The summed E-state index contributed by atoms with van der Waals surface area (Å²) >= 11 is 0. The van der Waals surface area contributed by atoms with Crippen molar-refractivity contribution in [1.29, 1.82) is 0 Å². The predicted octanol–water partition coefficient (Wildman–Crippen LogP) is 3.80. The number of hydrogen-bond acceptors (Lipinski definition) is 4. The van der Waals surface area contributed by atoms with Crippen LogP contribution in [0.25, 0.3) is 0 Å². The highest BCUT2D eigenvalue weighted by Crippen LogP contribution is 2.28. The Hall–Kier alpha value is -3.02. The molecule has 0 saturated carbocycles. The van der Waals surface area contributed by atoms with E-state index in [1.165, 1.54) is 0 Å². The van der Waals surface area contributed by atoms with Crippen molar-refractivity contribution in [2.24, 2.45) is 0 Å². The maximum Gasteiger partial charge on any atom is 0.253 e. The van der Waals surface area contributed by atoms with Crippen molar-refractivity contribution < 1.29 is 19.1 Å². The molecular formula is C22H28N2O4. The molecule has 2 aromatic rings. The van der Waals surface area contributed by atoms with Gasteiger partial charge < -0.3 is 20.1 Å². The van der Waals surface area contributed by atoms with Gasteiger partial charge in [-0.25, -0.2) is 0 Å². The lowest BCUT2D eigenvalue weighted by molar-refractivity contribution is -0.116. The Morgan fingerprint density at radius 3 is 2.43 bits per heavy atom. The summed E-state index contributed by atoms with van der Waals surface area (Å²) in [6.07, 6.45) is 1.68. The molecule has 0 radical (unpaired) electrons. The van der Waals surface area contributed by atoms with E-state index in [0.717, 1.165) is 12.0 Å². The van der Waals surface area contributed by atoms with Crippen LogP contribution in [0.3, 0.4) is 0 Å². The fourth-order valence-electron chi connectivity index (χ4n) is 2.70. The van der Waals surface area contributed by atoms with Crippen LogP contribution < -0.4 is 20.1 Å². The van der Waals surface area contributed by atoms with Crippen LogP contribution in [-0.2, 0) is 11.2 Å². The maximum atomic E-state index is 12.4. The lowest BCUT2D eigenvalue weighted by atomic mass is 10.1. The average molecular weight is 384 g/mol. The molecule has 0 heterocycles. The molecule has 2 rings (SSSR count). The number of carbonyl (C=O) groups excluding carboxylic acids is 2. The summed E-state index contributed by atoms with van der Waals surface area (Å²) in [5, 5.41) is 5.77. The van der Waals surface area contributed by atoms with Gasteiger partial charge in [-0.15, -0.1) is 0 Å². The zero-order valence-corrected chi connectivity index (χ0v) is 16.9. The normalized spacial score (nSPS) is 11.4. The van der Waals surface area contributed by atoms with E-state index in [1.807, 2.05) is 32.0 Å². The molecule has 2 N–H and O–H groups in total. The first-order chi connectivity index (χ1) is 13.5. The lowest BCUT2D eigenvalue weighted by Gasteiger charge is -2.15. The minimum atomic E-state index is -0.190.